The van der Waals surface area contributed by atoms with Crippen LogP contribution in [-0.2, 0) is 27.1 Å². The Morgan fingerprint density at radius 3 is 2.57 bits per heavy atom. The van der Waals surface area contributed by atoms with Crippen LogP contribution in [0.25, 0.3) is 10.9 Å². The lowest BCUT2D eigenvalue weighted by Gasteiger charge is -2.10. The minimum absolute atomic E-state index is 0.0434. The van der Waals surface area contributed by atoms with E-state index in [0.717, 1.165) is 67.0 Å². The van der Waals surface area contributed by atoms with Gasteiger partial charge in [0, 0.05) is 22.5 Å². The molecular weight excluding hydrogens is 507 g/mol. The van der Waals surface area contributed by atoms with E-state index in [1.807, 2.05) is 0 Å². The van der Waals surface area contributed by atoms with Gasteiger partial charge in [0.05, 0.1) is 23.9 Å². The van der Waals surface area contributed by atoms with Crippen molar-refractivity contribution in [2.45, 2.75) is 43.4 Å². The summed E-state index contributed by atoms with van der Waals surface area (Å²) in [6.07, 6.45) is 2.59. The average molecular weight is 532 g/mol. The number of pyridine rings is 1. The van der Waals surface area contributed by atoms with Gasteiger partial charge in [-0.25, -0.2) is 0 Å². The predicted octanol–water partition coefficient (Wildman–Crippen LogP) is 5.41. The van der Waals surface area contributed by atoms with Crippen molar-refractivity contribution in [2.24, 2.45) is 0 Å². The van der Waals surface area contributed by atoms with Gasteiger partial charge in [-0.05, 0) is 36.8 Å². The second-order valence-electron chi connectivity index (χ2n) is 7.69. The normalized spacial score (nSPS) is 12.2. The quantitative estimate of drug-likeness (QED) is 0.174. The fraction of sp³-hybridized carbons (Fsp3) is 0.391. The summed E-state index contributed by atoms with van der Waals surface area (Å²) in [5.74, 6) is 0.927. The number of rotatable bonds is 12. The standard InChI is InChI=1S/C23H24F3NO6S2/c1-35(29,30)33-14-17-13-20(28)21(15-32-17)31-10-4-2-3-5-11-34-22-8-9-27-19-12-16(23(24,25)26)6-7-18(19)22/h6-9,12-13,15H,2-5,10-11,14H2,1H3. The van der Waals surface area contributed by atoms with Crippen molar-refractivity contribution in [2.75, 3.05) is 18.6 Å². The van der Waals surface area contributed by atoms with Crippen LogP contribution in [0, 0.1) is 0 Å². The fourth-order valence-corrected chi connectivity index (χ4v) is 4.51. The van der Waals surface area contributed by atoms with Crippen molar-refractivity contribution < 1.29 is 34.9 Å². The molecule has 35 heavy (non-hydrogen) atoms. The molecule has 0 fully saturated rings. The topological polar surface area (TPSA) is 95.7 Å². The third-order valence-corrected chi connectivity index (χ3v) is 6.56. The SMILES string of the molecule is CS(=O)(=O)OCc1cc(=O)c(OCCCCCCSc2ccnc3cc(C(F)(F)F)ccc23)co1. The Morgan fingerprint density at radius 1 is 1.09 bits per heavy atom. The van der Waals surface area contributed by atoms with Crippen molar-refractivity contribution in [3.05, 3.63) is 64.3 Å². The van der Waals surface area contributed by atoms with E-state index in [-0.39, 0.29) is 18.1 Å². The molecule has 0 aliphatic heterocycles. The third kappa shape index (κ3) is 8.55. The molecule has 3 aromatic rings. The van der Waals surface area contributed by atoms with Gasteiger partial charge in [0.1, 0.15) is 18.6 Å². The van der Waals surface area contributed by atoms with Gasteiger partial charge in [-0.1, -0.05) is 18.9 Å². The molecule has 1 aromatic carbocycles. The molecule has 7 nitrogen and oxygen atoms in total. The number of aromatic nitrogens is 1. The van der Waals surface area contributed by atoms with E-state index in [0.29, 0.717) is 17.5 Å². The molecule has 0 unspecified atom stereocenters. The van der Waals surface area contributed by atoms with Gasteiger partial charge in [-0.3, -0.25) is 14.0 Å². The van der Waals surface area contributed by atoms with Crippen molar-refractivity contribution in [3.63, 3.8) is 0 Å². The Bertz CT molecular complexity index is 1310. The summed E-state index contributed by atoms with van der Waals surface area (Å²) in [5, 5.41) is 0.701. The van der Waals surface area contributed by atoms with E-state index in [1.165, 1.54) is 12.3 Å². The minimum atomic E-state index is -4.40. The Labute approximate surface area is 204 Å². The first-order valence-corrected chi connectivity index (χ1v) is 13.5. The zero-order valence-corrected chi connectivity index (χ0v) is 20.5. The van der Waals surface area contributed by atoms with E-state index in [2.05, 4.69) is 9.17 Å². The number of halogens is 3. The zero-order chi connectivity index (χ0) is 25.5. The monoisotopic (exact) mass is 531 g/mol. The number of nitrogens with zero attached hydrogens (tertiary/aromatic N) is 1. The van der Waals surface area contributed by atoms with Crippen LogP contribution in [0.4, 0.5) is 13.2 Å². The minimum Gasteiger partial charge on any atom is -0.487 e. The molecule has 0 amide bonds. The second-order valence-corrected chi connectivity index (χ2v) is 10.5. The van der Waals surface area contributed by atoms with Gasteiger partial charge in [-0.15, -0.1) is 11.8 Å². The molecular formula is C23H24F3NO6S2. The summed E-state index contributed by atoms with van der Waals surface area (Å²) in [5.41, 5.74) is -0.814. The Kier molecular flexibility index (Phi) is 9.20. The summed E-state index contributed by atoms with van der Waals surface area (Å²) >= 11 is 1.58. The van der Waals surface area contributed by atoms with Crippen LogP contribution in [0.15, 0.2) is 56.9 Å². The number of hydrogen-bond donors (Lipinski definition) is 0. The second kappa shape index (κ2) is 11.9. The lowest BCUT2D eigenvalue weighted by atomic mass is 10.1. The Morgan fingerprint density at radius 2 is 1.86 bits per heavy atom. The number of fused-ring (bicyclic) bond motifs is 1. The van der Waals surface area contributed by atoms with Crippen LogP contribution in [0.5, 0.6) is 5.75 Å². The van der Waals surface area contributed by atoms with Crippen molar-refractivity contribution in [1.82, 2.24) is 4.98 Å². The summed E-state index contributed by atoms with van der Waals surface area (Å²) in [6.45, 7) is -0.0378. The van der Waals surface area contributed by atoms with Gasteiger partial charge in [0.25, 0.3) is 10.1 Å². The molecule has 0 saturated heterocycles. The first kappa shape index (κ1) is 27.0. The summed E-state index contributed by atoms with van der Waals surface area (Å²) in [7, 11) is -3.64. The number of unbranched alkanes of at least 4 members (excludes halogenated alkanes) is 3. The smallest absolute Gasteiger partial charge is 0.416 e. The van der Waals surface area contributed by atoms with Crippen LogP contribution in [0.1, 0.15) is 37.0 Å². The Hall–Kier alpha value is -2.57. The third-order valence-electron chi connectivity index (χ3n) is 4.85. The highest BCUT2D eigenvalue weighted by Crippen LogP contribution is 2.34. The molecule has 0 atom stereocenters. The zero-order valence-electron chi connectivity index (χ0n) is 18.8. The molecule has 0 aliphatic carbocycles. The van der Waals surface area contributed by atoms with E-state index in [1.54, 1.807) is 17.8 Å². The van der Waals surface area contributed by atoms with Crippen LogP contribution in [-0.4, -0.2) is 32.0 Å². The van der Waals surface area contributed by atoms with Crippen LogP contribution in [0.2, 0.25) is 0 Å². The highest BCUT2D eigenvalue weighted by Gasteiger charge is 2.30. The van der Waals surface area contributed by atoms with E-state index < -0.39 is 27.3 Å². The molecule has 0 radical (unpaired) electrons. The van der Waals surface area contributed by atoms with E-state index >= 15 is 0 Å². The molecule has 2 aromatic heterocycles. The summed E-state index contributed by atoms with van der Waals surface area (Å²) < 4.78 is 75.9. The maximum absolute atomic E-state index is 12.9. The lowest BCUT2D eigenvalue weighted by molar-refractivity contribution is -0.137. The van der Waals surface area contributed by atoms with E-state index in [9.17, 15) is 26.4 Å². The van der Waals surface area contributed by atoms with Crippen molar-refractivity contribution in [1.29, 1.82) is 0 Å². The van der Waals surface area contributed by atoms with Gasteiger partial charge >= 0.3 is 6.18 Å². The highest BCUT2D eigenvalue weighted by atomic mass is 32.2. The maximum Gasteiger partial charge on any atom is 0.416 e. The first-order valence-electron chi connectivity index (χ1n) is 10.7. The van der Waals surface area contributed by atoms with Crippen molar-refractivity contribution in [3.8, 4) is 5.75 Å². The molecule has 2 heterocycles. The molecule has 0 aliphatic rings. The highest BCUT2D eigenvalue weighted by molar-refractivity contribution is 7.99. The molecule has 0 spiro atoms. The number of ether oxygens (including phenoxy) is 1. The summed E-state index contributed by atoms with van der Waals surface area (Å²) in [4.78, 5) is 17.0. The van der Waals surface area contributed by atoms with Gasteiger partial charge < -0.3 is 9.15 Å². The van der Waals surface area contributed by atoms with E-state index in [4.69, 9.17) is 9.15 Å². The van der Waals surface area contributed by atoms with Gasteiger partial charge in [-0.2, -0.15) is 21.6 Å². The fourth-order valence-electron chi connectivity index (χ4n) is 3.13. The molecule has 0 saturated carbocycles. The number of thioether (sulfide) groups is 1. The first-order chi connectivity index (χ1) is 16.5. The lowest BCUT2D eigenvalue weighted by Crippen LogP contribution is -2.10. The Balaban J connectivity index is 1.37. The number of alkyl halides is 3. The molecule has 0 bridgehead atoms. The summed E-state index contributed by atoms with van der Waals surface area (Å²) in [6, 6.07) is 6.54. The largest absolute Gasteiger partial charge is 0.487 e. The molecule has 0 N–H and O–H groups in total. The van der Waals surface area contributed by atoms with Crippen LogP contribution >= 0.6 is 11.8 Å². The van der Waals surface area contributed by atoms with Gasteiger partial charge in [0.15, 0.2) is 0 Å². The molecule has 12 heteroatoms. The predicted molar refractivity (Wildman–Crippen MR) is 126 cm³/mol. The van der Waals surface area contributed by atoms with Crippen molar-refractivity contribution >= 4 is 32.8 Å². The van der Waals surface area contributed by atoms with Crippen LogP contribution < -0.4 is 10.2 Å². The molecule has 3 rings (SSSR count). The number of hydrogen-bond acceptors (Lipinski definition) is 8. The number of benzene rings is 1. The van der Waals surface area contributed by atoms with Crippen LogP contribution in [0.3, 0.4) is 0 Å². The average Bonchev–Trinajstić information content (AvgIpc) is 2.79. The van der Waals surface area contributed by atoms with Gasteiger partial charge in [0.2, 0.25) is 11.2 Å². The molecule has 190 valence electrons. The maximum atomic E-state index is 12.9.